The molecule has 2 rings (SSSR count). The molecule has 6 N–H and O–H groups in total. The molecule has 6 nitrogen and oxygen atoms in total. The van der Waals surface area contributed by atoms with Crippen molar-refractivity contribution in [1.29, 1.82) is 10.8 Å². The Hall–Kier alpha value is -3.02. The predicted octanol–water partition coefficient (Wildman–Crippen LogP) is 6.00. The number of ether oxygens (including phenoxy) is 2. The van der Waals surface area contributed by atoms with E-state index in [2.05, 4.69) is 24.3 Å². The van der Waals surface area contributed by atoms with Crippen molar-refractivity contribution in [3.8, 4) is 11.5 Å². The minimum absolute atomic E-state index is 0.232. The summed E-state index contributed by atoms with van der Waals surface area (Å²) < 4.78 is 11.7. The molecule has 0 bridgehead atoms. The molecule has 0 atom stereocenters. The van der Waals surface area contributed by atoms with Crippen molar-refractivity contribution in [2.24, 2.45) is 11.5 Å². The lowest BCUT2D eigenvalue weighted by Gasteiger charge is -2.08. The lowest BCUT2D eigenvalue weighted by Crippen LogP contribution is -2.10. The van der Waals surface area contributed by atoms with Crippen LogP contribution in [-0.4, -0.2) is 24.9 Å². The summed E-state index contributed by atoms with van der Waals surface area (Å²) in [6, 6.07) is 16.2. The number of hydrogen-bond acceptors (Lipinski definition) is 4. The van der Waals surface area contributed by atoms with Gasteiger partial charge in [-0.3, -0.25) is 10.8 Å². The second-order valence-electron chi connectivity index (χ2n) is 8.86. The largest absolute Gasteiger partial charge is 0.494 e. The molecule has 0 amide bonds. The number of hydrogen-bond donors (Lipinski definition) is 4. The zero-order chi connectivity index (χ0) is 24.4. The molecular weight excluding hydrogens is 424 g/mol. The summed E-state index contributed by atoms with van der Waals surface area (Å²) in [6.07, 6.45) is 12.5. The van der Waals surface area contributed by atoms with Crippen LogP contribution < -0.4 is 20.9 Å². The highest BCUT2D eigenvalue weighted by Crippen LogP contribution is 2.16. The van der Waals surface area contributed by atoms with Crippen LogP contribution in [0.5, 0.6) is 11.5 Å². The quantitative estimate of drug-likeness (QED) is 0.115. The average molecular weight is 467 g/mol. The van der Waals surface area contributed by atoms with Gasteiger partial charge in [-0.25, -0.2) is 0 Å². The molecule has 0 heterocycles. The maximum Gasteiger partial charge on any atom is 0.119 e. The highest BCUT2D eigenvalue weighted by Gasteiger charge is 2.00. The van der Waals surface area contributed by atoms with Crippen LogP contribution in [0.4, 0.5) is 0 Å². The third-order valence-corrected chi connectivity index (χ3v) is 5.79. The van der Waals surface area contributed by atoms with Crippen LogP contribution in [0.3, 0.4) is 0 Å². The Morgan fingerprint density at radius 3 is 1.18 bits per heavy atom. The Labute approximate surface area is 205 Å². The van der Waals surface area contributed by atoms with Crippen molar-refractivity contribution >= 4 is 11.7 Å². The van der Waals surface area contributed by atoms with Crippen LogP contribution in [0.15, 0.2) is 48.5 Å². The predicted molar refractivity (Wildman–Crippen MR) is 141 cm³/mol. The Morgan fingerprint density at radius 2 is 0.853 bits per heavy atom. The number of benzene rings is 2. The highest BCUT2D eigenvalue weighted by molar-refractivity contribution is 5.77. The van der Waals surface area contributed by atoms with E-state index in [0.717, 1.165) is 50.4 Å². The molecule has 0 fully saturated rings. The van der Waals surface area contributed by atoms with Gasteiger partial charge in [-0.15, -0.1) is 0 Å². The third-order valence-electron chi connectivity index (χ3n) is 5.79. The fourth-order valence-corrected chi connectivity index (χ4v) is 3.71. The minimum atomic E-state index is 0.232. The van der Waals surface area contributed by atoms with Crippen LogP contribution >= 0.6 is 0 Å². The molecule has 0 saturated carbocycles. The first kappa shape index (κ1) is 27.2. The van der Waals surface area contributed by atoms with Crippen LogP contribution in [0.1, 0.15) is 75.3 Å². The molecule has 0 unspecified atom stereocenters. The molecule has 34 heavy (non-hydrogen) atoms. The molecule has 0 aliphatic carbocycles. The second-order valence-corrected chi connectivity index (χ2v) is 8.86. The SMILES string of the molecule is N=C(N)CCc1ccc(OCCCCCCCCCCOc2ccc(CCC(=N)N)cc2)cc1. The van der Waals surface area contributed by atoms with E-state index < -0.39 is 0 Å². The monoisotopic (exact) mass is 466 g/mol. The Kier molecular flexibility index (Phi) is 13.3. The average Bonchev–Trinajstić information content (AvgIpc) is 2.83. The summed E-state index contributed by atoms with van der Waals surface area (Å²) >= 11 is 0. The van der Waals surface area contributed by atoms with Gasteiger partial charge in [-0.05, 0) is 61.1 Å². The molecule has 0 aromatic heterocycles. The first-order chi connectivity index (χ1) is 16.5. The fraction of sp³-hybridized carbons (Fsp3) is 0.500. The van der Waals surface area contributed by atoms with Gasteiger partial charge >= 0.3 is 0 Å². The molecule has 2 aromatic carbocycles. The zero-order valence-corrected chi connectivity index (χ0v) is 20.5. The summed E-state index contributed by atoms with van der Waals surface area (Å²) in [5, 5.41) is 14.6. The summed E-state index contributed by atoms with van der Waals surface area (Å²) in [7, 11) is 0. The Bertz CT molecular complexity index is 763. The summed E-state index contributed by atoms with van der Waals surface area (Å²) in [5.74, 6) is 2.29. The van der Waals surface area contributed by atoms with Gasteiger partial charge in [-0.2, -0.15) is 0 Å². The van der Waals surface area contributed by atoms with E-state index in [1.54, 1.807) is 0 Å². The fourth-order valence-electron chi connectivity index (χ4n) is 3.71. The van der Waals surface area contributed by atoms with Crippen molar-refractivity contribution < 1.29 is 9.47 Å². The second kappa shape index (κ2) is 16.6. The van der Waals surface area contributed by atoms with Crippen molar-refractivity contribution in [3.63, 3.8) is 0 Å². The number of nitrogens with two attached hydrogens (primary N) is 2. The number of amidine groups is 2. The van der Waals surface area contributed by atoms with E-state index in [1.165, 1.54) is 49.7 Å². The summed E-state index contributed by atoms with van der Waals surface area (Å²) in [5.41, 5.74) is 13.2. The van der Waals surface area contributed by atoms with E-state index in [0.29, 0.717) is 12.8 Å². The lowest BCUT2D eigenvalue weighted by molar-refractivity contribution is 0.301. The van der Waals surface area contributed by atoms with Crippen molar-refractivity contribution in [2.75, 3.05) is 13.2 Å². The standard InChI is InChI=1S/C28H42N4O2/c29-27(30)19-13-23-9-15-25(16-10-23)33-21-7-5-3-1-2-4-6-8-22-34-26-17-11-24(12-18-26)14-20-28(31)32/h9-12,15-18H,1-8,13-14,19-22H2,(H3,29,30)(H3,31,32). The van der Waals surface area contributed by atoms with Crippen LogP contribution in [0.25, 0.3) is 0 Å². The van der Waals surface area contributed by atoms with Crippen LogP contribution in [0.2, 0.25) is 0 Å². The molecule has 0 saturated heterocycles. The van der Waals surface area contributed by atoms with Gasteiger partial charge in [0.05, 0.1) is 24.9 Å². The number of aryl methyl sites for hydroxylation is 2. The molecule has 6 heteroatoms. The topological polar surface area (TPSA) is 118 Å². The van der Waals surface area contributed by atoms with Crippen molar-refractivity contribution in [2.45, 2.75) is 77.0 Å². The van der Waals surface area contributed by atoms with Gasteiger partial charge in [0, 0.05) is 12.8 Å². The normalized spacial score (nSPS) is 10.7. The maximum atomic E-state index is 7.29. The molecule has 2 aromatic rings. The van der Waals surface area contributed by atoms with E-state index in [4.69, 9.17) is 31.8 Å². The molecule has 0 radical (unpaired) electrons. The van der Waals surface area contributed by atoms with Gasteiger partial charge in [0.2, 0.25) is 0 Å². The third kappa shape index (κ3) is 12.9. The molecular formula is C28H42N4O2. The Balaban J connectivity index is 1.39. The first-order valence-electron chi connectivity index (χ1n) is 12.6. The number of nitrogens with one attached hydrogen (secondary N) is 2. The zero-order valence-electron chi connectivity index (χ0n) is 20.5. The number of rotatable bonds is 19. The smallest absolute Gasteiger partial charge is 0.119 e. The summed E-state index contributed by atoms with van der Waals surface area (Å²) in [4.78, 5) is 0. The highest BCUT2D eigenvalue weighted by atomic mass is 16.5. The molecule has 186 valence electrons. The van der Waals surface area contributed by atoms with E-state index in [1.807, 2.05) is 24.3 Å². The van der Waals surface area contributed by atoms with Gasteiger partial charge in [0.15, 0.2) is 0 Å². The van der Waals surface area contributed by atoms with E-state index in [-0.39, 0.29) is 11.7 Å². The van der Waals surface area contributed by atoms with Crippen LogP contribution in [0, 0.1) is 10.8 Å². The Morgan fingerprint density at radius 1 is 0.529 bits per heavy atom. The minimum Gasteiger partial charge on any atom is -0.494 e. The van der Waals surface area contributed by atoms with Gasteiger partial charge in [0.25, 0.3) is 0 Å². The summed E-state index contributed by atoms with van der Waals surface area (Å²) in [6.45, 7) is 1.53. The van der Waals surface area contributed by atoms with Gasteiger partial charge < -0.3 is 20.9 Å². The first-order valence-corrected chi connectivity index (χ1v) is 12.6. The van der Waals surface area contributed by atoms with Crippen molar-refractivity contribution in [1.82, 2.24) is 0 Å². The van der Waals surface area contributed by atoms with Gasteiger partial charge in [0.1, 0.15) is 11.5 Å². The van der Waals surface area contributed by atoms with Gasteiger partial charge in [-0.1, -0.05) is 62.8 Å². The maximum absolute atomic E-state index is 7.29. The van der Waals surface area contributed by atoms with Crippen molar-refractivity contribution in [3.05, 3.63) is 59.7 Å². The molecule has 0 aliphatic rings. The van der Waals surface area contributed by atoms with E-state index in [9.17, 15) is 0 Å². The molecule has 0 spiro atoms. The van der Waals surface area contributed by atoms with E-state index >= 15 is 0 Å². The molecule has 0 aliphatic heterocycles. The van der Waals surface area contributed by atoms with Crippen LogP contribution in [-0.2, 0) is 12.8 Å². The lowest BCUT2D eigenvalue weighted by atomic mass is 10.1. The number of unbranched alkanes of at least 4 members (excludes halogenated alkanes) is 7.